The molecule has 0 amide bonds. The highest BCUT2D eigenvalue weighted by atomic mass is 32.2. The third kappa shape index (κ3) is 3.00. The van der Waals surface area contributed by atoms with Crippen molar-refractivity contribution in [3.8, 4) is 22.4 Å². The van der Waals surface area contributed by atoms with Gasteiger partial charge in [-0.15, -0.1) is 0 Å². The molecule has 142 valence electrons. The van der Waals surface area contributed by atoms with Crippen LogP contribution in [-0.4, -0.2) is 23.4 Å². The quantitative estimate of drug-likeness (QED) is 0.514. The molecule has 28 heavy (non-hydrogen) atoms. The summed E-state index contributed by atoms with van der Waals surface area (Å²) >= 11 is -2.09. The Bertz CT molecular complexity index is 1240. The Morgan fingerprint density at radius 1 is 1.00 bits per heavy atom. The highest BCUT2D eigenvalue weighted by Gasteiger charge is 2.20. The van der Waals surface area contributed by atoms with Crippen LogP contribution in [0.5, 0.6) is 0 Å². The first-order chi connectivity index (χ1) is 13.4. The van der Waals surface area contributed by atoms with Gasteiger partial charge in [0.2, 0.25) is 0 Å². The van der Waals surface area contributed by atoms with Crippen LogP contribution < -0.4 is 0 Å². The smallest absolute Gasteiger partial charge is 0.186 e. The molecule has 0 bridgehead atoms. The minimum atomic E-state index is -2.09. The molecular weight excluding hydrogens is 384 g/mol. The number of halogens is 2. The van der Waals surface area contributed by atoms with E-state index in [-0.39, 0.29) is 4.90 Å². The predicted molar refractivity (Wildman–Crippen MR) is 102 cm³/mol. The van der Waals surface area contributed by atoms with E-state index in [1.165, 1.54) is 18.2 Å². The lowest BCUT2D eigenvalue weighted by Crippen LogP contribution is -1.98. The van der Waals surface area contributed by atoms with E-state index in [9.17, 15) is 17.5 Å². The first-order valence-electron chi connectivity index (χ1n) is 8.38. The molecule has 2 heterocycles. The van der Waals surface area contributed by atoms with E-state index < -0.39 is 22.7 Å². The van der Waals surface area contributed by atoms with Crippen molar-refractivity contribution >= 4 is 16.7 Å². The van der Waals surface area contributed by atoms with Gasteiger partial charge in [0.25, 0.3) is 0 Å². The van der Waals surface area contributed by atoms with E-state index in [2.05, 4.69) is 10.1 Å². The molecule has 0 fully saturated rings. The molecule has 2 aromatic carbocycles. The third-order valence-electron chi connectivity index (χ3n) is 4.67. The summed E-state index contributed by atoms with van der Waals surface area (Å²) in [6.07, 6.45) is 1.71. The van der Waals surface area contributed by atoms with Gasteiger partial charge in [-0.05, 0) is 49.2 Å². The van der Waals surface area contributed by atoms with Gasteiger partial charge in [-0.1, -0.05) is 18.2 Å². The predicted octanol–water partition coefficient (Wildman–Crippen LogP) is 4.54. The summed E-state index contributed by atoms with van der Waals surface area (Å²) in [5.74, 6) is -1.89. The summed E-state index contributed by atoms with van der Waals surface area (Å²) in [4.78, 5) is 4.71. The number of rotatable bonds is 3. The fraction of sp³-hybridized carbons (Fsp3) is 0.100. The van der Waals surface area contributed by atoms with E-state index in [0.29, 0.717) is 28.0 Å². The van der Waals surface area contributed by atoms with Crippen LogP contribution in [0, 0.1) is 25.5 Å². The molecule has 0 aliphatic rings. The van der Waals surface area contributed by atoms with Crippen molar-refractivity contribution in [2.24, 2.45) is 0 Å². The highest BCUT2D eigenvalue weighted by molar-refractivity contribution is 7.79. The molecule has 0 aliphatic heterocycles. The Kier molecular flexibility index (Phi) is 4.52. The first kappa shape index (κ1) is 18.4. The van der Waals surface area contributed by atoms with Gasteiger partial charge in [0.05, 0.1) is 10.5 Å². The van der Waals surface area contributed by atoms with Gasteiger partial charge >= 0.3 is 0 Å². The summed E-state index contributed by atoms with van der Waals surface area (Å²) in [6.45, 7) is 3.81. The lowest BCUT2D eigenvalue weighted by atomic mass is 10.0. The van der Waals surface area contributed by atoms with Crippen molar-refractivity contribution in [3.63, 3.8) is 0 Å². The number of benzene rings is 2. The monoisotopic (exact) mass is 399 g/mol. The number of hydrogen-bond donors (Lipinski definition) is 1. The van der Waals surface area contributed by atoms with Gasteiger partial charge in [0.15, 0.2) is 28.4 Å². The summed E-state index contributed by atoms with van der Waals surface area (Å²) in [6, 6.07) is 10.0. The third-order valence-corrected chi connectivity index (χ3v) is 5.34. The van der Waals surface area contributed by atoms with Crippen molar-refractivity contribution in [1.82, 2.24) is 14.6 Å². The average molecular weight is 399 g/mol. The van der Waals surface area contributed by atoms with Crippen molar-refractivity contribution in [1.29, 1.82) is 0 Å². The van der Waals surface area contributed by atoms with Crippen LogP contribution in [0.25, 0.3) is 28.0 Å². The van der Waals surface area contributed by atoms with E-state index in [4.69, 9.17) is 0 Å². The SMILES string of the molecule is Cc1cnc2c(-c3ccc(F)c(F)c3)c(-c3ccc(S(=O)O)cc3)nn2c1C. The van der Waals surface area contributed by atoms with Gasteiger partial charge in [-0.2, -0.15) is 5.10 Å². The molecule has 4 rings (SSSR count). The molecule has 0 saturated heterocycles. The summed E-state index contributed by atoms with van der Waals surface area (Å²) in [5, 5.41) is 4.65. The van der Waals surface area contributed by atoms with E-state index in [1.54, 1.807) is 22.8 Å². The molecule has 1 atom stereocenters. The first-order valence-corrected chi connectivity index (χ1v) is 9.49. The number of nitrogens with zero attached hydrogens (tertiary/aromatic N) is 3. The fourth-order valence-electron chi connectivity index (χ4n) is 3.03. The van der Waals surface area contributed by atoms with E-state index in [1.807, 2.05) is 13.8 Å². The molecule has 1 unspecified atom stereocenters. The van der Waals surface area contributed by atoms with Gasteiger partial charge in [0, 0.05) is 17.5 Å². The maximum absolute atomic E-state index is 13.9. The Labute approximate surface area is 162 Å². The summed E-state index contributed by atoms with van der Waals surface area (Å²) in [5.41, 5.74) is 4.49. The summed E-state index contributed by atoms with van der Waals surface area (Å²) < 4.78 is 49.5. The van der Waals surface area contributed by atoms with Crippen LogP contribution in [0.2, 0.25) is 0 Å². The molecule has 0 aliphatic carbocycles. The largest absolute Gasteiger partial charge is 0.302 e. The second-order valence-corrected chi connectivity index (χ2v) is 7.36. The Balaban J connectivity index is 2.03. The second-order valence-electron chi connectivity index (χ2n) is 6.39. The number of hydrogen-bond acceptors (Lipinski definition) is 3. The lowest BCUT2D eigenvalue weighted by molar-refractivity contribution is 0.509. The summed E-state index contributed by atoms with van der Waals surface area (Å²) in [7, 11) is 0. The Morgan fingerprint density at radius 3 is 2.32 bits per heavy atom. The van der Waals surface area contributed by atoms with Gasteiger partial charge in [0.1, 0.15) is 5.69 Å². The minimum Gasteiger partial charge on any atom is -0.302 e. The lowest BCUT2D eigenvalue weighted by Gasteiger charge is -2.05. The number of aromatic nitrogens is 3. The normalized spacial score (nSPS) is 12.5. The van der Waals surface area contributed by atoms with E-state index in [0.717, 1.165) is 23.4 Å². The number of aryl methyl sites for hydroxylation is 2. The Morgan fingerprint density at radius 2 is 1.68 bits per heavy atom. The molecule has 2 aromatic heterocycles. The standard InChI is InChI=1S/C20H15F2N3O2S/c1-11-10-23-20-18(14-5-8-16(21)17(22)9-14)19(24-25(20)12(11)2)13-3-6-15(7-4-13)28(26)27/h3-10H,1-2H3,(H,26,27). The van der Waals surface area contributed by atoms with Gasteiger partial charge in [-0.25, -0.2) is 22.5 Å². The Hall–Kier alpha value is -2.97. The molecule has 0 spiro atoms. The van der Waals surface area contributed by atoms with Crippen LogP contribution in [0.4, 0.5) is 8.78 Å². The van der Waals surface area contributed by atoms with Crippen LogP contribution >= 0.6 is 0 Å². The molecule has 0 saturated carbocycles. The van der Waals surface area contributed by atoms with Crippen LogP contribution in [0.1, 0.15) is 11.3 Å². The zero-order valence-electron chi connectivity index (χ0n) is 15.0. The zero-order chi connectivity index (χ0) is 20.0. The molecule has 8 heteroatoms. The van der Waals surface area contributed by atoms with Crippen molar-refractivity contribution in [2.75, 3.05) is 0 Å². The molecule has 5 nitrogen and oxygen atoms in total. The maximum atomic E-state index is 13.9. The fourth-order valence-corrected chi connectivity index (χ4v) is 3.40. The van der Waals surface area contributed by atoms with Crippen LogP contribution in [0.15, 0.2) is 53.6 Å². The molecule has 4 aromatic rings. The van der Waals surface area contributed by atoms with Crippen molar-refractivity contribution in [2.45, 2.75) is 18.7 Å². The zero-order valence-corrected chi connectivity index (χ0v) is 15.8. The van der Waals surface area contributed by atoms with Crippen molar-refractivity contribution in [3.05, 3.63) is 71.6 Å². The van der Waals surface area contributed by atoms with Crippen LogP contribution in [-0.2, 0) is 11.1 Å². The van der Waals surface area contributed by atoms with Gasteiger partial charge < -0.3 is 4.55 Å². The second kappa shape index (κ2) is 6.88. The van der Waals surface area contributed by atoms with Gasteiger partial charge in [-0.3, -0.25) is 0 Å². The van der Waals surface area contributed by atoms with E-state index >= 15 is 0 Å². The molecular formula is C20H15F2N3O2S. The maximum Gasteiger partial charge on any atom is 0.186 e. The van der Waals surface area contributed by atoms with Crippen LogP contribution in [0.3, 0.4) is 0 Å². The average Bonchev–Trinajstić information content (AvgIpc) is 3.07. The number of fused-ring (bicyclic) bond motifs is 1. The molecule has 1 N–H and O–H groups in total. The van der Waals surface area contributed by atoms with Crippen molar-refractivity contribution < 1.29 is 17.5 Å². The minimum absolute atomic E-state index is 0.257. The highest BCUT2D eigenvalue weighted by Crippen LogP contribution is 2.35. The topological polar surface area (TPSA) is 67.5 Å². The molecule has 0 radical (unpaired) electrons.